The lowest BCUT2D eigenvalue weighted by atomic mass is 10.00. The second-order valence-electron chi connectivity index (χ2n) is 5.57. The van der Waals surface area contributed by atoms with Crippen LogP contribution >= 0.6 is 0 Å². The molecular formula is C12H23N. The third-order valence-corrected chi connectivity index (χ3v) is 4.08. The second kappa shape index (κ2) is 3.27. The van der Waals surface area contributed by atoms with E-state index in [0.717, 1.165) is 17.9 Å². The van der Waals surface area contributed by atoms with Crippen LogP contribution in [0.3, 0.4) is 0 Å². The second-order valence-corrected chi connectivity index (χ2v) is 5.57. The summed E-state index contributed by atoms with van der Waals surface area (Å²) in [5, 5.41) is 3.90. The van der Waals surface area contributed by atoms with E-state index in [1.54, 1.807) is 0 Å². The molecule has 0 amide bonds. The van der Waals surface area contributed by atoms with Gasteiger partial charge in [-0.3, -0.25) is 0 Å². The smallest absolute Gasteiger partial charge is 0.0208 e. The molecule has 2 aliphatic carbocycles. The molecule has 0 aromatic carbocycles. The van der Waals surface area contributed by atoms with Crippen LogP contribution in [-0.4, -0.2) is 11.6 Å². The van der Waals surface area contributed by atoms with Crippen molar-refractivity contribution in [1.29, 1.82) is 0 Å². The predicted molar refractivity (Wildman–Crippen MR) is 56.7 cm³/mol. The van der Waals surface area contributed by atoms with E-state index < -0.39 is 0 Å². The molecule has 1 heteroatoms. The Labute approximate surface area is 82.3 Å². The van der Waals surface area contributed by atoms with E-state index in [-0.39, 0.29) is 0 Å². The van der Waals surface area contributed by atoms with Gasteiger partial charge in [0.05, 0.1) is 0 Å². The Morgan fingerprint density at radius 2 is 1.92 bits per heavy atom. The van der Waals surface area contributed by atoms with E-state index in [1.807, 2.05) is 0 Å². The molecule has 2 rings (SSSR count). The first kappa shape index (κ1) is 9.51. The number of nitrogens with one attached hydrogen (secondary N) is 1. The maximum absolute atomic E-state index is 3.90. The SMILES string of the molecule is CC1CCC(NC2(C(C)C)CC2)C1. The molecule has 0 radical (unpaired) electrons. The van der Waals surface area contributed by atoms with Crippen molar-refractivity contribution in [3.8, 4) is 0 Å². The summed E-state index contributed by atoms with van der Waals surface area (Å²) in [6, 6.07) is 0.833. The Morgan fingerprint density at radius 3 is 2.31 bits per heavy atom. The zero-order valence-electron chi connectivity index (χ0n) is 9.27. The minimum atomic E-state index is 0.550. The van der Waals surface area contributed by atoms with Gasteiger partial charge in [-0.1, -0.05) is 20.8 Å². The summed E-state index contributed by atoms with van der Waals surface area (Å²) in [7, 11) is 0. The fourth-order valence-electron chi connectivity index (χ4n) is 2.77. The highest BCUT2D eigenvalue weighted by Gasteiger charge is 2.46. The summed E-state index contributed by atoms with van der Waals surface area (Å²) in [6.07, 6.45) is 7.08. The normalized spacial score (nSPS) is 36.9. The molecule has 2 saturated carbocycles. The molecule has 0 bridgehead atoms. The van der Waals surface area contributed by atoms with Gasteiger partial charge in [0.25, 0.3) is 0 Å². The van der Waals surface area contributed by atoms with Gasteiger partial charge in [-0.2, -0.15) is 0 Å². The standard InChI is InChI=1S/C12H23N/c1-9(2)12(6-7-12)13-11-5-4-10(3)8-11/h9-11,13H,4-8H2,1-3H3. The fourth-order valence-corrected chi connectivity index (χ4v) is 2.77. The summed E-state index contributed by atoms with van der Waals surface area (Å²) in [5.74, 6) is 1.78. The monoisotopic (exact) mass is 181 g/mol. The topological polar surface area (TPSA) is 12.0 Å². The zero-order chi connectivity index (χ0) is 9.47. The third kappa shape index (κ3) is 1.90. The first-order valence-electron chi connectivity index (χ1n) is 5.90. The van der Waals surface area contributed by atoms with E-state index in [4.69, 9.17) is 0 Å². The molecule has 0 heterocycles. The molecule has 0 aromatic heterocycles. The van der Waals surface area contributed by atoms with Gasteiger partial charge in [-0.05, 0) is 43.9 Å². The molecule has 0 aromatic rings. The van der Waals surface area contributed by atoms with Gasteiger partial charge in [-0.15, -0.1) is 0 Å². The highest BCUT2D eigenvalue weighted by atomic mass is 15.1. The van der Waals surface area contributed by atoms with Crippen molar-refractivity contribution in [3.63, 3.8) is 0 Å². The molecular weight excluding hydrogens is 158 g/mol. The Kier molecular flexibility index (Phi) is 2.39. The maximum Gasteiger partial charge on any atom is 0.0208 e. The van der Waals surface area contributed by atoms with Crippen molar-refractivity contribution < 1.29 is 0 Å². The van der Waals surface area contributed by atoms with E-state index in [9.17, 15) is 0 Å². The highest BCUT2D eigenvalue weighted by molar-refractivity contribution is 5.06. The Bertz CT molecular complexity index is 182. The van der Waals surface area contributed by atoms with Crippen molar-refractivity contribution in [2.75, 3.05) is 0 Å². The van der Waals surface area contributed by atoms with Crippen LogP contribution in [0.5, 0.6) is 0 Å². The van der Waals surface area contributed by atoms with Crippen LogP contribution in [0.2, 0.25) is 0 Å². The molecule has 0 saturated heterocycles. The molecule has 2 unspecified atom stereocenters. The average molecular weight is 181 g/mol. The lowest BCUT2D eigenvalue weighted by Crippen LogP contribution is -2.42. The first-order chi connectivity index (χ1) is 6.12. The van der Waals surface area contributed by atoms with Crippen LogP contribution in [0.1, 0.15) is 52.9 Å². The lowest BCUT2D eigenvalue weighted by Gasteiger charge is -2.26. The minimum absolute atomic E-state index is 0.550. The van der Waals surface area contributed by atoms with Gasteiger partial charge in [0.15, 0.2) is 0 Å². The van der Waals surface area contributed by atoms with Gasteiger partial charge in [0.1, 0.15) is 0 Å². The fraction of sp³-hybridized carbons (Fsp3) is 1.00. The number of hydrogen-bond donors (Lipinski definition) is 1. The molecule has 2 fully saturated rings. The van der Waals surface area contributed by atoms with E-state index >= 15 is 0 Å². The molecule has 1 N–H and O–H groups in total. The van der Waals surface area contributed by atoms with Crippen molar-refractivity contribution in [2.45, 2.75) is 64.5 Å². The third-order valence-electron chi connectivity index (χ3n) is 4.08. The predicted octanol–water partition coefficient (Wildman–Crippen LogP) is 2.95. The van der Waals surface area contributed by atoms with Gasteiger partial charge in [0.2, 0.25) is 0 Å². The maximum atomic E-state index is 3.90. The van der Waals surface area contributed by atoms with Crippen LogP contribution in [0, 0.1) is 11.8 Å². The average Bonchev–Trinajstić information content (AvgIpc) is 2.72. The Morgan fingerprint density at radius 1 is 1.23 bits per heavy atom. The van der Waals surface area contributed by atoms with Gasteiger partial charge in [-0.25, -0.2) is 0 Å². The molecule has 1 nitrogen and oxygen atoms in total. The largest absolute Gasteiger partial charge is 0.308 e. The summed E-state index contributed by atoms with van der Waals surface area (Å²) in [5.41, 5.74) is 0.550. The minimum Gasteiger partial charge on any atom is -0.308 e. The molecule has 0 spiro atoms. The van der Waals surface area contributed by atoms with Crippen molar-refractivity contribution in [2.24, 2.45) is 11.8 Å². The molecule has 2 atom stereocenters. The molecule has 2 aliphatic rings. The quantitative estimate of drug-likeness (QED) is 0.706. The molecule has 13 heavy (non-hydrogen) atoms. The van der Waals surface area contributed by atoms with Crippen molar-refractivity contribution in [3.05, 3.63) is 0 Å². The van der Waals surface area contributed by atoms with Crippen molar-refractivity contribution >= 4 is 0 Å². The van der Waals surface area contributed by atoms with Crippen LogP contribution < -0.4 is 5.32 Å². The molecule has 0 aliphatic heterocycles. The first-order valence-corrected chi connectivity index (χ1v) is 5.90. The van der Waals surface area contributed by atoms with Crippen LogP contribution in [0.15, 0.2) is 0 Å². The molecule has 76 valence electrons. The number of rotatable bonds is 3. The lowest BCUT2D eigenvalue weighted by molar-refractivity contribution is 0.329. The van der Waals surface area contributed by atoms with Crippen LogP contribution in [0.25, 0.3) is 0 Å². The van der Waals surface area contributed by atoms with E-state index in [2.05, 4.69) is 26.1 Å². The summed E-state index contributed by atoms with van der Waals surface area (Å²) in [6.45, 7) is 7.10. The van der Waals surface area contributed by atoms with Crippen molar-refractivity contribution in [1.82, 2.24) is 5.32 Å². The zero-order valence-corrected chi connectivity index (χ0v) is 9.27. The van der Waals surface area contributed by atoms with Crippen LogP contribution in [-0.2, 0) is 0 Å². The van der Waals surface area contributed by atoms with E-state index in [1.165, 1.54) is 32.1 Å². The summed E-state index contributed by atoms with van der Waals surface area (Å²) < 4.78 is 0. The van der Waals surface area contributed by atoms with Gasteiger partial charge < -0.3 is 5.32 Å². The van der Waals surface area contributed by atoms with Gasteiger partial charge in [0, 0.05) is 11.6 Å². The summed E-state index contributed by atoms with van der Waals surface area (Å²) >= 11 is 0. The van der Waals surface area contributed by atoms with Crippen LogP contribution in [0.4, 0.5) is 0 Å². The number of hydrogen-bond acceptors (Lipinski definition) is 1. The summed E-state index contributed by atoms with van der Waals surface area (Å²) in [4.78, 5) is 0. The van der Waals surface area contributed by atoms with E-state index in [0.29, 0.717) is 5.54 Å². The Balaban J connectivity index is 1.84. The Hall–Kier alpha value is -0.0400. The van der Waals surface area contributed by atoms with Gasteiger partial charge >= 0.3 is 0 Å². The highest BCUT2D eigenvalue weighted by Crippen LogP contribution is 2.43.